The van der Waals surface area contributed by atoms with Gasteiger partial charge in [0.1, 0.15) is 6.04 Å². The van der Waals surface area contributed by atoms with Gasteiger partial charge in [0.2, 0.25) is 5.91 Å². The zero-order chi connectivity index (χ0) is 18.2. The van der Waals surface area contributed by atoms with E-state index in [0.29, 0.717) is 18.1 Å². The average molecular weight is 360 g/mol. The zero-order valence-electron chi connectivity index (χ0n) is 14.3. The number of halogens is 1. The normalized spacial score (nSPS) is 11.8. The third-order valence-corrected chi connectivity index (χ3v) is 3.98. The Morgan fingerprint density at radius 2 is 1.72 bits per heavy atom. The highest BCUT2D eigenvalue weighted by molar-refractivity contribution is 6.30. The number of nitrogens with zero attached hydrogens (tertiary/aromatic N) is 1. The van der Waals surface area contributed by atoms with Gasteiger partial charge in [0, 0.05) is 18.1 Å². The Morgan fingerprint density at radius 1 is 1.08 bits per heavy atom. The van der Waals surface area contributed by atoms with Crippen LogP contribution in [0.4, 0.5) is 4.79 Å². The molecule has 0 radical (unpaired) electrons. The number of benzene rings is 2. The van der Waals surface area contributed by atoms with Gasteiger partial charge in [-0.25, -0.2) is 4.79 Å². The molecule has 1 atom stereocenters. The van der Waals surface area contributed by atoms with Crippen molar-refractivity contribution in [2.24, 2.45) is 0 Å². The van der Waals surface area contributed by atoms with Gasteiger partial charge in [-0.1, -0.05) is 54.1 Å². The van der Waals surface area contributed by atoms with Crippen molar-refractivity contribution in [2.45, 2.75) is 19.5 Å². The van der Waals surface area contributed by atoms with Crippen LogP contribution in [0.1, 0.15) is 24.1 Å². The smallest absolute Gasteiger partial charge is 0.321 e. The van der Waals surface area contributed by atoms with E-state index < -0.39 is 12.1 Å². The molecule has 2 aromatic carbocycles. The van der Waals surface area contributed by atoms with E-state index in [1.165, 1.54) is 0 Å². The fourth-order valence-corrected chi connectivity index (χ4v) is 2.72. The maximum Gasteiger partial charge on any atom is 0.321 e. The number of imide groups is 1. The quantitative estimate of drug-likeness (QED) is 0.831. The number of hydrogen-bond donors (Lipinski definition) is 2. The van der Waals surface area contributed by atoms with Crippen LogP contribution in [0.25, 0.3) is 0 Å². The standard InChI is InChI=1S/C19H22ClN3O2/c1-3-21-19(25)22-18(24)17(15-7-5-4-6-8-15)23(2)13-14-9-11-16(20)12-10-14/h4-12,17H,3,13H2,1-2H3,(H2,21,22,24,25). The summed E-state index contributed by atoms with van der Waals surface area (Å²) in [7, 11) is 1.85. The molecule has 5 nitrogen and oxygen atoms in total. The SMILES string of the molecule is CCNC(=O)NC(=O)C(c1ccccc1)N(C)Cc1ccc(Cl)cc1. The third kappa shape index (κ3) is 5.59. The van der Waals surface area contributed by atoms with Crippen molar-refractivity contribution >= 4 is 23.5 Å². The second-order valence-corrected chi connectivity index (χ2v) is 6.14. The molecular weight excluding hydrogens is 338 g/mol. The fourth-order valence-electron chi connectivity index (χ4n) is 2.60. The number of carbonyl (C=O) groups is 2. The van der Waals surface area contributed by atoms with E-state index in [-0.39, 0.29) is 5.91 Å². The van der Waals surface area contributed by atoms with Crippen LogP contribution in [0.15, 0.2) is 54.6 Å². The van der Waals surface area contributed by atoms with Crippen molar-refractivity contribution in [3.8, 4) is 0 Å². The lowest BCUT2D eigenvalue weighted by Crippen LogP contribution is -2.45. The van der Waals surface area contributed by atoms with Gasteiger partial charge in [-0.2, -0.15) is 0 Å². The molecule has 0 aliphatic rings. The Bertz CT molecular complexity index is 704. The van der Waals surface area contributed by atoms with Crippen LogP contribution in [0.2, 0.25) is 5.02 Å². The van der Waals surface area contributed by atoms with Crippen LogP contribution in [0.3, 0.4) is 0 Å². The molecule has 0 fully saturated rings. The lowest BCUT2D eigenvalue weighted by atomic mass is 10.0. The first kappa shape index (κ1) is 19.0. The molecule has 0 spiro atoms. The molecule has 0 saturated heterocycles. The Balaban J connectivity index is 2.20. The van der Waals surface area contributed by atoms with E-state index in [9.17, 15) is 9.59 Å². The Kier molecular flexibility index (Phi) is 6.98. The summed E-state index contributed by atoms with van der Waals surface area (Å²) in [5.74, 6) is -0.367. The Morgan fingerprint density at radius 3 is 2.32 bits per heavy atom. The second-order valence-electron chi connectivity index (χ2n) is 5.70. The van der Waals surface area contributed by atoms with Gasteiger partial charge in [-0.15, -0.1) is 0 Å². The molecule has 1 unspecified atom stereocenters. The summed E-state index contributed by atoms with van der Waals surface area (Å²) in [5, 5.41) is 5.64. The fraction of sp³-hybridized carbons (Fsp3) is 0.263. The predicted octanol–water partition coefficient (Wildman–Crippen LogP) is 3.36. The van der Waals surface area contributed by atoms with Crippen LogP contribution < -0.4 is 10.6 Å². The lowest BCUT2D eigenvalue weighted by molar-refractivity contribution is -0.125. The van der Waals surface area contributed by atoms with Crippen molar-refractivity contribution < 1.29 is 9.59 Å². The zero-order valence-corrected chi connectivity index (χ0v) is 15.1. The minimum Gasteiger partial charge on any atom is -0.338 e. The lowest BCUT2D eigenvalue weighted by Gasteiger charge is -2.27. The predicted molar refractivity (Wildman–Crippen MR) is 99.3 cm³/mol. The Hall–Kier alpha value is -2.37. The molecule has 6 heteroatoms. The van der Waals surface area contributed by atoms with Gasteiger partial charge >= 0.3 is 6.03 Å². The highest BCUT2D eigenvalue weighted by Gasteiger charge is 2.26. The molecule has 0 bridgehead atoms. The molecule has 0 aliphatic heterocycles. The van der Waals surface area contributed by atoms with Crippen molar-refractivity contribution in [1.29, 1.82) is 0 Å². The van der Waals surface area contributed by atoms with Crippen LogP contribution in [0.5, 0.6) is 0 Å². The molecule has 2 aromatic rings. The molecule has 0 saturated carbocycles. The number of rotatable bonds is 6. The van der Waals surface area contributed by atoms with Gasteiger partial charge < -0.3 is 5.32 Å². The Labute approximate surface area is 153 Å². The molecule has 3 amide bonds. The number of nitrogens with one attached hydrogen (secondary N) is 2. The summed E-state index contributed by atoms with van der Waals surface area (Å²) in [6.45, 7) is 2.79. The number of hydrogen-bond acceptors (Lipinski definition) is 3. The topological polar surface area (TPSA) is 61.4 Å². The van der Waals surface area contributed by atoms with E-state index >= 15 is 0 Å². The second kappa shape index (κ2) is 9.20. The molecule has 0 aliphatic carbocycles. The molecular formula is C19H22ClN3O2. The van der Waals surface area contributed by atoms with E-state index in [1.54, 1.807) is 6.92 Å². The first-order valence-corrected chi connectivity index (χ1v) is 8.47. The summed E-state index contributed by atoms with van der Waals surface area (Å²) in [5.41, 5.74) is 1.85. The monoisotopic (exact) mass is 359 g/mol. The number of likely N-dealkylation sites (N-methyl/N-ethyl adjacent to an activating group) is 1. The molecule has 0 aromatic heterocycles. The minimum absolute atomic E-state index is 0.367. The van der Waals surface area contributed by atoms with Gasteiger partial charge in [0.05, 0.1) is 0 Å². The van der Waals surface area contributed by atoms with Crippen molar-refractivity contribution in [1.82, 2.24) is 15.5 Å². The minimum atomic E-state index is -0.584. The third-order valence-electron chi connectivity index (χ3n) is 3.72. The van der Waals surface area contributed by atoms with Crippen molar-refractivity contribution in [3.63, 3.8) is 0 Å². The van der Waals surface area contributed by atoms with E-state index in [0.717, 1.165) is 11.1 Å². The van der Waals surface area contributed by atoms with Crippen molar-refractivity contribution in [3.05, 3.63) is 70.7 Å². The number of urea groups is 1. The molecule has 132 valence electrons. The van der Waals surface area contributed by atoms with E-state index in [1.807, 2.05) is 66.5 Å². The van der Waals surface area contributed by atoms with E-state index in [4.69, 9.17) is 11.6 Å². The molecule has 0 heterocycles. The maximum absolute atomic E-state index is 12.7. The highest BCUT2D eigenvalue weighted by atomic mass is 35.5. The van der Waals surface area contributed by atoms with Crippen LogP contribution >= 0.6 is 11.6 Å². The molecule has 25 heavy (non-hydrogen) atoms. The van der Waals surface area contributed by atoms with Crippen molar-refractivity contribution in [2.75, 3.05) is 13.6 Å². The summed E-state index contributed by atoms with van der Waals surface area (Å²) in [4.78, 5) is 26.3. The van der Waals surface area contributed by atoms with Crippen LogP contribution in [-0.2, 0) is 11.3 Å². The summed E-state index contributed by atoms with van der Waals surface area (Å²) >= 11 is 5.92. The van der Waals surface area contributed by atoms with Crippen LogP contribution in [0, 0.1) is 0 Å². The van der Waals surface area contributed by atoms with Gasteiger partial charge in [0.25, 0.3) is 0 Å². The van der Waals surface area contributed by atoms with Gasteiger partial charge in [-0.05, 0) is 37.2 Å². The highest BCUT2D eigenvalue weighted by Crippen LogP contribution is 2.22. The maximum atomic E-state index is 12.7. The largest absolute Gasteiger partial charge is 0.338 e. The number of carbonyl (C=O) groups excluding carboxylic acids is 2. The first-order chi connectivity index (χ1) is 12.0. The van der Waals surface area contributed by atoms with E-state index in [2.05, 4.69) is 10.6 Å². The number of amides is 3. The van der Waals surface area contributed by atoms with Gasteiger partial charge in [-0.3, -0.25) is 15.0 Å². The summed E-state index contributed by atoms with van der Waals surface area (Å²) in [6.07, 6.45) is 0. The van der Waals surface area contributed by atoms with Crippen LogP contribution in [-0.4, -0.2) is 30.4 Å². The van der Waals surface area contributed by atoms with Gasteiger partial charge in [0.15, 0.2) is 0 Å². The molecule has 2 N–H and O–H groups in total. The summed E-state index contributed by atoms with van der Waals surface area (Å²) < 4.78 is 0. The first-order valence-electron chi connectivity index (χ1n) is 8.09. The molecule has 2 rings (SSSR count). The average Bonchev–Trinajstić information content (AvgIpc) is 2.58. The summed E-state index contributed by atoms with van der Waals surface area (Å²) in [6, 6.07) is 15.8.